The standard InChI is InChI=1S/C33H38N6O2/c1-3-30(40)38-18-6-5-8-28(38)32-34-21-25(35-32)16-12-22-10-13-23(14-11-22)24-15-17-26-27(20-24)37-33(36-26)29-9-7-19-39(29)31(41)4-2/h10-11,13-15,17,21,24,28-29H,3-9,18-20H2,1-2H3,(H,34,35)(H,36,37)/t24?,28?,29-/m0/s1. The first kappa shape index (κ1) is 27.1. The van der Waals surface area contributed by atoms with Gasteiger partial charge in [-0.2, -0.15) is 0 Å². The second-order valence-electron chi connectivity index (χ2n) is 11.3. The highest BCUT2D eigenvalue weighted by Crippen LogP contribution is 2.35. The minimum absolute atomic E-state index is 0.0111. The zero-order valence-electron chi connectivity index (χ0n) is 23.9. The molecule has 2 N–H and O–H groups in total. The van der Waals surface area contributed by atoms with Crippen LogP contribution in [0.15, 0.2) is 36.5 Å². The van der Waals surface area contributed by atoms with Crippen molar-refractivity contribution in [2.24, 2.45) is 0 Å². The molecule has 4 heterocycles. The molecule has 0 saturated carbocycles. The minimum Gasteiger partial charge on any atom is -0.344 e. The number of carbonyl (C=O) groups excluding carboxylic acids is 2. The van der Waals surface area contributed by atoms with Crippen molar-refractivity contribution in [1.82, 2.24) is 29.7 Å². The number of hydrogen-bond acceptors (Lipinski definition) is 4. The molecule has 2 unspecified atom stereocenters. The van der Waals surface area contributed by atoms with E-state index in [-0.39, 0.29) is 29.8 Å². The van der Waals surface area contributed by atoms with E-state index in [4.69, 9.17) is 4.98 Å². The number of amides is 2. The van der Waals surface area contributed by atoms with E-state index < -0.39 is 0 Å². The highest BCUT2D eigenvalue weighted by atomic mass is 16.2. The fraction of sp³-hybridized carbons (Fsp3) is 0.455. The van der Waals surface area contributed by atoms with Gasteiger partial charge in [0.25, 0.3) is 0 Å². The molecular weight excluding hydrogens is 512 g/mol. The molecule has 0 radical (unpaired) electrons. The quantitative estimate of drug-likeness (QED) is 0.415. The topological polar surface area (TPSA) is 98.0 Å². The molecule has 41 heavy (non-hydrogen) atoms. The van der Waals surface area contributed by atoms with E-state index in [1.54, 1.807) is 6.20 Å². The van der Waals surface area contributed by atoms with Crippen LogP contribution in [0.25, 0.3) is 6.08 Å². The molecule has 2 aromatic heterocycles. The Balaban J connectivity index is 1.11. The average molecular weight is 551 g/mol. The Morgan fingerprint density at radius 2 is 1.61 bits per heavy atom. The summed E-state index contributed by atoms with van der Waals surface area (Å²) in [5.74, 6) is 8.84. The minimum atomic E-state index is 0.0111. The first-order valence-corrected chi connectivity index (χ1v) is 15.1. The van der Waals surface area contributed by atoms with E-state index >= 15 is 0 Å². The van der Waals surface area contributed by atoms with Gasteiger partial charge in [0, 0.05) is 49.5 Å². The highest BCUT2D eigenvalue weighted by molar-refractivity contribution is 5.77. The first-order chi connectivity index (χ1) is 20.0. The Labute approximate surface area is 241 Å². The normalized spacial score (nSPS) is 21.9. The number of piperidine rings is 1. The number of carbonyl (C=O) groups is 2. The van der Waals surface area contributed by atoms with Crippen LogP contribution in [-0.2, 0) is 16.0 Å². The molecule has 2 saturated heterocycles. The summed E-state index contributed by atoms with van der Waals surface area (Å²) in [5, 5.41) is 0. The van der Waals surface area contributed by atoms with E-state index in [2.05, 4.69) is 63.2 Å². The number of imidazole rings is 2. The molecule has 8 nitrogen and oxygen atoms in total. The molecule has 212 valence electrons. The number of hydrogen-bond donors (Lipinski definition) is 2. The molecule has 3 atom stereocenters. The second kappa shape index (κ2) is 11.8. The van der Waals surface area contributed by atoms with Crippen LogP contribution >= 0.6 is 0 Å². The van der Waals surface area contributed by atoms with Crippen LogP contribution in [0.3, 0.4) is 0 Å². The molecule has 0 bridgehead atoms. The zero-order valence-corrected chi connectivity index (χ0v) is 23.9. The summed E-state index contributed by atoms with van der Waals surface area (Å²) in [4.78, 5) is 45.1. The number of H-pyrrole nitrogens is 2. The van der Waals surface area contributed by atoms with E-state index in [9.17, 15) is 9.59 Å². The smallest absolute Gasteiger partial charge is 0.222 e. The van der Waals surface area contributed by atoms with E-state index in [0.29, 0.717) is 12.8 Å². The number of nitrogens with one attached hydrogen (secondary N) is 2. The lowest BCUT2D eigenvalue weighted by Gasteiger charge is -2.34. The Morgan fingerprint density at radius 3 is 2.37 bits per heavy atom. The Morgan fingerprint density at radius 1 is 0.902 bits per heavy atom. The molecule has 8 heteroatoms. The molecule has 1 aromatic carbocycles. The van der Waals surface area contributed by atoms with Crippen molar-refractivity contribution in [1.29, 1.82) is 0 Å². The van der Waals surface area contributed by atoms with Gasteiger partial charge in [0.2, 0.25) is 11.8 Å². The van der Waals surface area contributed by atoms with E-state index in [0.717, 1.165) is 85.9 Å². The SMILES string of the molecule is CCC(=O)N1CCCCC1c1ncc(C#Cc2ccc(C3C=Cc4nc([C@@H]5CCCN5C(=O)CC)[nH]c4C3)cc2)[nH]1. The lowest BCUT2D eigenvalue weighted by molar-refractivity contribution is -0.135. The Kier molecular flexibility index (Phi) is 7.78. The van der Waals surface area contributed by atoms with Crippen LogP contribution in [0.5, 0.6) is 0 Å². The van der Waals surface area contributed by atoms with Gasteiger partial charge in [-0.3, -0.25) is 9.59 Å². The molecule has 0 spiro atoms. The van der Waals surface area contributed by atoms with Gasteiger partial charge in [-0.1, -0.05) is 38.0 Å². The van der Waals surface area contributed by atoms with Crippen molar-refractivity contribution < 1.29 is 9.59 Å². The summed E-state index contributed by atoms with van der Waals surface area (Å²) in [6, 6.07) is 8.50. The highest BCUT2D eigenvalue weighted by Gasteiger charge is 2.32. The van der Waals surface area contributed by atoms with Gasteiger partial charge in [0.05, 0.1) is 24.0 Å². The molecule has 2 aliphatic heterocycles. The number of likely N-dealkylation sites (tertiary alicyclic amines) is 2. The predicted octanol–water partition coefficient (Wildman–Crippen LogP) is 5.42. The van der Waals surface area contributed by atoms with Gasteiger partial charge in [-0.05, 0) is 61.8 Å². The lowest BCUT2D eigenvalue weighted by Crippen LogP contribution is -2.38. The second-order valence-corrected chi connectivity index (χ2v) is 11.3. The largest absolute Gasteiger partial charge is 0.344 e. The molecule has 3 aromatic rings. The predicted molar refractivity (Wildman–Crippen MR) is 158 cm³/mol. The summed E-state index contributed by atoms with van der Waals surface area (Å²) in [5.41, 5.74) is 5.07. The van der Waals surface area contributed by atoms with Gasteiger partial charge in [0.15, 0.2) is 0 Å². The summed E-state index contributed by atoms with van der Waals surface area (Å²) < 4.78 is 0. The van der Waals surface area contributed by atoms with Gasteiger partial charge in [0.1, 0.15) is 17.3 Å². The number of aromatic amines is 2. The number of aromatic nitrogens is 4. The van der Waals surface area contributed by atoms with Crippen molar-refractivity contribution in [2.45, 2.75) is 83.2 Å². The number of allylic oxidation sites excluding steroid dienone is 1. The van der Waals surface area contributed by atoms with Crippen molar-refractivity contribution >= 4 is 17.9 Å². The number of fused-ring (bicyclic) bond motifs is 1. The van der Waals surface area contributed by atoms with Gasteiger partial charge in [-0.15, -0.1) is 0 Å². The molecule has 3 aliphatic rings. The van der Waals surface area contributed by atoms with Crippen LogP contribution in [0.1, 0.15) is 117 Å². The molecule has 6 rings (SSSR count). The maximum Gasteiger partial charge on any atom is 0.222 e. The molecular formula is C33H38N6O2. The summed E-state index contributed by atoms with van der Waals surface area (Å²) in [6.45, 7) is 5.45. The fourth-order valence-corrected chi connectivity index (χ4v) is 6.41. The van der Waals surface area contributed by atoms with Gasteiger partial charge >= 0.3 is 0 Å². The van der Waals surface area contributed by atoms with E-state index in [1.807, 2.05) is 23.6 Å². The maximum atomic E-state index is 12.4. The van der Waals surface area contributed by atoms with Crippen LogP contribution < -0.4 is 0 Å². The van der Waals surface area contributed by atoms with Crippen LogP contribution in [-0.4, -0.2) is 54.6 Å². The number of benzene rings is 1. The first-order valence-electron chi connectivity index (χ1n) is 15.1. The van der Waals surface area contributed by atoms with E-state index in [1.165, 1.54) is 5.56 Å². The molecule has 2 fully saturated rings. The molecule has 2 amide bonds. The van der Waals surface area contributed by atoms with Gasteiger partial charge in [-0.25, -0.2) is 9.97 Å². The Bertz CT molecular complexity index is 1500. The third-order valence-electron chi connectivity index (χ3n) is 8.65. The average Bonchev–Trinajstić information content (AvgIpc) is 3.79. The van der Waals surface area contributed by atoms with Crippen molar-refractivity contribution in [3.05, 3.63) is 76.4 Å². The summed E-state index contributed by atoms with van der Waals surface area (Å²) in [6.07, 6.45) is 13.1. The van der Waals surface area contributed by atoms with Crippen molar-refractivity contribution in [2.75, 3.05) is 13.1 Å². The van der Waals surface area contributed by atoms with Gasteiger partial charge < -0.3 is 19.8 Å². The third-order valence-corrected chi connectivity index (χ3v) is 8.65. The maximum absolute atomic E-state index is 12.4. The summed E-state index contributed by atoms with van der Waals surface area (Å²) in [7, 11) is 0. The summed E-state index contributed by atoms with van der Waals surface area (Å²) >= 11 is 0. The zero-order chi connectivity index (χ0) is 28.3. The van der Waals surface area contributed by atoms with Crippen LogP contribution in [0, 0.1) is 11.8 Å². The third kappa shape index (κ3) is 5.58. The fourth-order valence-electron chi connectivity index (χ4n) is 6.41. The van der Waals surface area contributed by atoms with Crippen LogP contribution in [0.4, 0.5) is 0 Å². The Hall–Kier alpha value is -4.12. The van der Waals surface area contributed by atoms with Crippen LogP contribution in [0.2, 0.25) is 0 Å². The van der Waals surface area contributed by atoms with Crippen molar-refractivity contribution in [3.63, 3.8) is 0 Å². The number of rotatable bonds is 5. The molecule has 1 aliphatic carbocycles. The monoisotopic (exact) mass is 550 g/mol. The number of nitrogens with zero attached hydrogens (tertiary/aromatic N) is 4. The lowest BCUT2D eigenvalue weighted by atomic mass is 9.89. The van der Waals surface area contributed by atoms with Crippen molar-refractivity contribution in [3.8, 4) is 11.8 Å².